The van der Waals surface area contributed by atoms with Crippen LogP contribution in [0.4, 0.5) is 0 Å². The van der Waals surface area contributed by atoms with Gasteiger partial charge in [-0.1, -0.05) is 30.7 Å². The average Bonchev–Trinajstić information content (AvgIpc) is 2.65. The first-order chi connectivity index (χ1) is 10.2. The Morgan fingerprint density at radius 3 is 2.68 bits per heavy atom. The summed E-state index contributed by atoms with van der Waals surface area (Å²) >= 11 is 0. The summed E-state index contributed by atoms with van der Waals surface area (Å²) in [5.74, 6) is 0.540. The molecule has 0 heterocycles. The molecule has 0 aromatic rings. The van der Waals surface area contributed by atoms with Gasteiger partial charge in [-0.3, -0.25) is 4.79 Å². The third-order valence-corrected chi connectivity index (χ3v) is 5.51. The fourth-order valence-electron chi connectivity index (χ4n) is 4.19. The van der Waals surface area contributed by atoms with E-state index in [1.807, 2.05) is 13.8 Å². The molecule has 1 saturated carbocycles. The second-order valence-electron chi connectivity index (χ2n) is 7.73. The zero-order valence-corrected chi connectivity index (χ0v) is 14.5. The number of Topliss-reactive ketones (excluding diaryl/α,β-unsaturated/α-hetero) is 1. The molecule has 122 valence electrons. The molecule has 3 atom stereocenters. The van der Waals surface area contributed by atoms with E-state index in [9.17, 15) is 9.90 Å². The zero-order chi connectivity index (χ0) is 16.5. The lowest BCUT2D eigenvalue weighted by molar-refractivity contribution is -0.115. The van der Waals surface area contributed by atoms with Gasteiger partial charge in [0.1, 0.15) is 0 Å². The summed E-state index contributed by atoms with van der Waals surface area (Å²) in [6, 6.07) is 0. The summed E-state index contributed by atoms with van der Waals surface area (Å²) in [7, 11) is 0. The van der Waals surface area contributed by atoms with E-state index in [0.29, 0.717) is 12.8 Å². The van der Waals surface area contributed by atoms with Crippen molar-refractivity contribution >= 4 is 5.78 Å². The topological polar surface area (TPSA) is 37.3 Å². The van der Waals surface area contributed by atoms with E-state index >= 15 is 0 Å². The Morgan fingerprint density at radius 1 is 1.36 bits per heavy atom. The first-order valence-electron chi connectivity index (χ1n) is 8.46. The molecule has 2 heteroatoms. The quantitative estimate of drug-likeness (QED) is 0.518. The normalized spacial score (nSPS) is 36.4. The minimum atomic E-state index is -0.497. The third kappa shape index (κ3) is 3.43. The molecule has 0 radical (unpaired) electrons. The SMILES string of the molecule is C=C1CC/C=C(/C)CC[C@@H]2C(=C(C)C)C(=O)C[C@@]2(C)C[C@@H]1O. The molecule has 0 aromatic carbocycles. The molecule has 0 spiro atoms. The largest absolute Gasteiger partial charge is 0.389 e. The predicted molar refractivity (Wildman–Crippen MR) is 91.6 cm³/mol. The molecular formula is C20H30O2. The zero-order valence-electron chi connectivity index (χ0n) is 14.5. The molecule has 1 fully saturated rings. The summed E-state index contributed by atoms with van der Waals surface area (Å²) in [4.78, 5) is 12.5. The number of ketones is 1. The highest BCUT2D eigenvalue weighted by Crippen LogP contribution is 2.51. The number of allylic oxidation sites excluding steroid dienone is 4. The molecule has 0 aliphatic heterocycles. The standard InChI is InChI=1S/C20H30O2/c1-13(2)19-16-10-9-14(3)7-6-8-15(4)17(21)11-20(16,5)12-18(19)22/h7,16-17,21H,4,6,8-12H2,1-3,5H3/b14-7-/t16-,17+,20-/m1/s1. The van der Waals surface area contributed by atoms with Crippen LogP contribution in [0.2, 0.25) is 0 Å². The van der Waals surface area contributed by atoms with Crippen molar-refractivity contribution in [2.45, 2.75) is 72.3 Å². The van der Waals surface area contributed by atoms with Crippen molar-refractivity contribution in [2.75, 3.05) is 0 Å². The van der Waals surface area contributed by atoms with Crippen molar-refractivity contribution < 1.29 is 9.90 Å². The molecule has 0 aromatic heterocycles. The number of hydrogen-bond donors (Lipinski definition) is 1. The molecule has 0 amide bonds. The fourth-order valence-corrected chi connectivity index (χ4v) is 4.19. The Hall–Kier alpha value is -1.15. The summed E-state index contributed by atoms with van der Waals surface area (Å²) < 4.78 is 0. The van der Waals surface area contributed by atoms with Crippen LogP contribution in [0.3, 0.4) is 0 Å². The molecule has 22 heavy (non-hydrogen) atoms. The molecule has 2 nitrogen and oxygen atoms in total. The number of rotatable bonds is 0. The van der Waals surface area contributed by atoms with Crippen LogP contribution in [-0.2, 0) is 4.79 Å². The molecule has 2 aliphatic carbocycles. The van der Waals surface area contributed by atoms with Gasteiger partial charge in [-0.15, -0.1) is 0 Å². The maximum atomic E-state index is 12.5. The van der Waals surface area contributed by atoms with Crippen LogP contribution in [-0.4, -0.2) is 17.0 Å². The van der Waals surface area contributed by atoms with Gasteiger partial charge in [0.2, 0.25) is 0 Å². The monoisotopic (exact) mass is 302 g/mol. The Bertz CT molecular complexity index is 534. The lowest BCUT2D eigenvalue weighted by Crippen LogP contribution is -2.29. The van der Waals surface area contributed by atoms with Gasteiger partial charge in [-0.2, -0.15) is 0 Å². The first-order valence-corrected chi connectivity index (χ1v) is 8.46. The van der Waals surface area contributed by atoms with E-state index in [4.69, 9.17) is 0 Å². The van der Waals surface area contributed by atoms with Gasteiger partial charge in [0.25, 0.3) is 0 Å². The Balaban J connectivity index is 2.40. The van der Waals surface area contributed by atoms with E-state index in [-0.39, 0.29) is 17.1 Å². The molecule has 1 N–H and O–H groups in total. The van der Waals surface area contributed by atoms with E-state index in [2.05, 4.69) is 26.5 Å². The van der Waals surface area contributed by atoms with Crippen molar-refractivity contribution in [1.29, 1.82) is 0 Å². The maximum Gasteiger partial charge on any atom is 0.159 e. The van der Waals surface area contributed by atoms with Gasteiger partial charge in [-0.25, -0.2) is 0 Å². The number of carbonyl (C=O) groups excluding carboxylic acids is 1. The van der Waals surface area contributed by atoms with Gasteiger partial charge in [-0.05, 0) is 75.4 Å². The van der Waals surface area contributed by atoms with Crippen LogP contribution in [0.25, 0.3) is 0 Å². The minimum Gasteiger partial charge on any atom is -0.389 e. The van der Waals surface area contributed by atoms with E-state index in [1.54, 1.807) is 0 Å². The minimum absolute atomic E-state index is 0.142. The highest BCUT2D eigenvalue weighted by molar-refractivity contribution is 5.99. The third-order valence-electron chi connectivity index (χ3n) is 5.51. The van der Waals surface area contributed by atoms with Crippen molar-refractivity contribution in [3.8, 4) is 0 Å². The highest BCUT2D eigenvalue weighted by atomic mass is 16.3. The fraction of sp³-hybridized carbons (Fsp3) is 0.650. The maximum absolute atomic E-state index is 12.5. The van der Waals surface area contributed by atoms with Crippen molar-refractivity contribution in [3.05, 3.63) is 34.9 Å². The Kier molecular flexibility index (Phi) is 5.11. The summed E-state index contributed by atoms with van der Waals surface area (Å²) in [5, 5.41) is 10.5. The average molecular weight is 302 g/mol. The highest BCUT2D eigenvalue weighted by Gasteiger charge is 2.47. The van der Waals surface area contributed by atoms with Crippen LogP contribution in [0.5, 0.6) is 0 Å². The van der Waals surface area contributed by atoms with Gasteiger partial charge in [0.05, 0.1) is 6.10 Å². The van der Waals surface area contributed by atoms with Gasteiger partial charge in [0.15, 0.2) is 5.78 Å². The van der Waals surface area contributed by atoms with Crippen LogP contribution < -0.4 is 0 Å². The molecule has 0 saturated heterocycles. The van der Waals surface area contributed by atoms with Crippen molar-refractivity contribution in [3.63, 3.8) is 0 Å². The summed E-state index contributed by atoms with van der Waals surface area (Å²) in [6.07, 6.45) is 6.81. The summed E-state index contributed by atoms with van der Waals surface area (Å²) in [6.45, 7) is 12.5. The van der Waals surface area contributed by atoms with Gasteiger partial charge >= 0.3 is 0 Å². The molecule has 2 aliphatic rings. The Morgan fingerprint density at radius 2 is 2.05 bits per heavy atom. The molecular weight excluding hydrogens is 272 g/mol. The van der Waals surface area contributed by atoms with E-state index in [0.717, 1.165) is 42.4 Å². The van der Waals surface area contributed by atoms with Crippen molar-refractivity contribution in [2.24, 2.45) is 11.3 Å². The molecule has 0 bridgehead atoms. The first kappa shape index (κ1) is 17.2. The number of aliphatic hydroxyl groups excluding tert-OH is 1. The lowest BCUT2D eigenvalue weighted by Gasteiger charge is -2.34. The lowest BCUT2D eigenvalue weighted by atomic mass is 9.71. The van der Waals surface area contributed by atoms with Gasteiger partial charge in [0, 0.05) is 6.42 Å². The smallest absolute Gasteiger partial charge is 0.159 e. The number of aliphatic hydroxyl groups is 1. The predicted octanol–water partition coefficient (Wildman–Crippen LogP) is 4.75. The Labute approximate surface area is 135 Å². The van der Waals surface area contributed by atoms with Gasteiger partial charge < -0.3 is 5.11 Å². The molecule has 2 rings (SSSR count). The van der Waals surface area contributed by atoms with Crippen molar-refractivity contribution in [1.82, 2.24) is 0 Å². The number of carbonyl (C=O) groups is 1. The molecule has 0 unspecified atom stereocenters. The van der Waals surface area contributed by atoms with Crippen LogP contribution in [0.1, 0.15) is 66.2 Å². The van der Waals surface area contributed by atoms with Crippen LogP contribution in [0.15, 0.2) is 34.9 Å². The van der Waals surface area contributed by atoms with Crippen LogP contribution >= 0.6 is 0 Å². The second-order valence-corrected chi connectivity index (χ2v) is 7.73. The van der Waals surface area contributed by atoms with Crippen LogP contribution in [0, 0.1) is 11.3 Å². The summed E-state index contributed by atoms with van der Waals surface area (Å²) in [5.41, 5.74) is 4.32. The number of hydrogen-bond acceptors (Lipinski definition) is 2. The second kappa shape index (κ2) is 6.54. The van der Waals surface area contributed by atoms with E-state index < -0.39 is 6.10 Å². The number of fused-ring (bicyclic) bond motifs is 1. The van der Waals surface area contributed by atoms with E-state index in [1.165, 1.54) is 5.57 Å².